The average Bonchev–Trinajstić information content (AvgIpc) is 2.10. The minimum atomic E-state index is -0.369. The standard InChI is InChI=1S/C9H17NO3/c1-7(9(12)13-3)4-5-10-6-8(2)11/h4,8,10-11H,5-6H2,1-3H3. The molecule has 0 fully saturated rings. The quantitative estimate of drug-likeness (QED) is 0.363. The van der Waals surface area contributed by atoms with Gasteiger partial charge in [0, 0.05) is 18.7 Å². The fourth-order valence-electron chi connectivity index (χ4n) is 0.762. The lowest BCUT2D eigenvalue weighted by Crippen LogP contribution is -2.24. The van der Waals surface area contributed by atoms with E-state index in [2.05, 4.69) is 10.1 Å². The van der Waals surface area contributed by atoms with Gasteiger partial charge < -0.3 is 15.2 Å². The molecule has 0 radical (unpaired) electrons. The minimum absolute atomic E-state index is 0.321. The number of aliphatic hydroxyl groups excluding tert-OH is 1. The maximum Gasteiger partial charge on any atom is 0.333 e. The molecule has 0 amide bonds. The van der Waals surface area contributed by atoms with Crippen LogP contribution < -0.4 is 5.32 Å². The summed E-state index contributed by atoms with van der Waals surface area (Å²) in [6.45, 7) is 4.47. The van der Waals surface area contributed by atoms with Gasteiger partial charge in [0.1, 0.15) is 0 Å². The van der Waals surface area contributed by atoms with Crippen LogP contribution in [0.15, 0.2) is 11.6 Å². The normalized spacial score (nSPS) is 14.0. The lowest BCUT2D eigenvalue weighted by molar-refractivity contribution is -0.136. The SMILES string of the molecule is COC(=O)C(C)=CCNCC(C)O. The van der Waals surface area contributed by atoms with Crippen molar-refractivity contribution in [3.63, 3.8) is 0 Å². The predicted molar refractivity (Wildman–Crippen MR) is 50.3 cm³/mol. The summed E-state index contributed by atoms with van der Waals surface area (Å²) in [7, 11) is 1.35. The lowest BCUT2D eigenvalue weighted by Gasteiger charge is -2.04. The number of esters is 1. The molecule has 0 aliphatic heterocycles. The topological polar surface area (TPSA) is 58.6 Å². The molecule has 4 nitrogen and oxygen atoms in total. The van der Waals surface area contributed by atoms with Crippen molar-refractivity contribution in [2.75, 3.05) is 20.2 Å². The molecule has 0 aliphatic rings. The van der Waals surface area contributed by atoms with Gasteiger partial charge in [-0.3, -0.25) is 0 Å². The second-order valence-electron chi connectivity index (χ2n) is 2.89. The van der Waals surface area contributed by atoms with Crippen LogP contribution in [0.2, 0.25) is 0 Å². The summed E-state index contributed by atoms with van der Waals surface area (Å²) in [5.74, 6) is -0.321. The zero-order valence-corrected chi connectivity index (χ0v) is 8.33. The molecule has 0 saturated carbocycles. The van der Waals surface area contributed by atoms with Crippen molar-refractivity contribution >= 4 is 5.97 Å². The molecular formula is C9H17NO3. The first kappa shape index (κ1) is 12.1. The van der Waals surface area contributed by atoms with Gasteiger partial charge in [-0.05, 0) is 13.8 Å². The van der Waals surface area contributed by atoms with Crippen LogP contribution in [0.4, 0.5) is 0 Å². The molecule has 0 saturated heterocycles. The van der Waals surface area contributed by atoms with Crippen LogP contribution in [0.5, 0.6) is 0 Å². The highest BCUT2D eigenvalue weighted by Gasteiger charge is 2.01. The third-order valence-electron chi connectivity index (χ3n) is 1.50. The number of hydrogen-bond acceptors (Lipinski definition) is 4. The smallest absolute Gasteiger partial charge is 0.333 e. The van der Waals surface area contributed by atoms with Crippen LogP contribution in [-0.4, -0.2) is 37.4 Å². The highest BCUT2D eigenvalue weighted by molar-refractivity contribution is 5.87. The van der Waals surface area contributed by atoms with Crippen LogP contribution in [0.25, 0.3) is 0 Å². The first-order valence-electron chi connectivity index (χ1n) is 4.21. The van der Waals surface area contributed by atoms with Crippen molar-refractivity contribution in [3.8, 4) is 0 Å². The zero-order valence-electron chi connectivity index (χ0n) is 8.33. The van der Waals surface area contributed by atoms with Gasteiger partial charge in [-0.1, -0.05) is 6.08 Å². The summed E-state index contributed by atoms with van der Waals surface area (Å²) in [5.41, 5.74) is 0.570. The van der Waals surface area contributed by atoms with Crippen LogP contribution in [-0.2, 0) is 9.53 Å². The van der Waals surface area contributed by atoms with Gasteiger partial charge in [0.2, 0.25) is 0 Å². The van der Waals surface area contributed by atoms with Crippen molar-refractivity contribution in [2.45, 2.75) is 20.0 Å². The van der Waals surface area contributed by atoms with Gasteiger partial charge in [-0.25, -0.2) is 4.79 Å². The Kier molecular flexibility index (Phi) is 6.18. The predicted octanol–water partition coefficient (Wildman–Crippen LogP) is 0.0761. The third kappa shape index (κ3) is 6.31. The lowest BCUT2D eigenvalue weighted by atomic mass is 10.3. The molecular weight excluding hydrogens is 170 g/mol. The summed E-state index contributed by atoms with van der Waals surface area (Å²) in [5, 5.41) is 11.9. The maximum atomic E-state index is 10.9. The Bertz CT molecular complexity index is 187. The number of carbonyl (C=O) groups excluding carboxylic acids is 1. The number of carbonyl (C=O) groups is 1. The third-order valence-corrected chi connectivity index (χ3v) is 1.50. The van der Waals surface area contributed by atoms with Crippen LogP contribution in [0.1, 0.15) is 13.8 Å². The highest BCUT2D eigenvalue weighted by Crippen LogP contribution is 1.93. The molecule has 0 spiro atoms. The zero-order chi connectivity index (χ0) is 10.3. The summed E-state index contributed by atoms with van der Waals surface area (Å²) in [4.78, 5) is 10.9. The van der Waals surface area contributed by atoms with Crippen molar-refractivity contribution in [2.24, 2.45) is 0 Å². The molecule has 0 aromatic heterocycles. The van der Waals surface area contributed by atoms with E-state index in [9.17, 15) is 4.79 Å². The van der Waals surface area contributed by atoms with E-state index in [4.69, 9.17) is 5.11 Å². The molecule has 4 heteroatoms. The second kappa shape index (κ2) is 6.62. The van der Waals surface area contributed by atoms with Crippen LogP contribution in [0, 0.1) is 0 Å². The van der Waals surface area contributed by atoms with E-state index in [1.165, 1.54) is 7.11 Å². The van der Waals surface area contributed by atoms with E-state index >= 15 is 0 Å². The largest absolute Gasteiger partial charge is 0.466 e. The van der Waals surface area contributed by atoms with E-state index in [1.54, 1.807) is 19.9 Å². The van der Waals surface area contributed by atoms with E-state index in [-0.39, 0.29) is 12.1 Å². The molecule has 0 aromatic rings. The van der Waals surface area contributed by atoms with Gasteiger partial charge >= 0.3 is 5.97 Å². The molecule has 0 bridgehead atoms. The van der Waals surface area contributed by atoms with E-state index in [0.29, 0.717) is 18.7 Å². The van der Waals surface area contributed by atoms with Crippen molar-refractivity contribution in [1.29, 1.82) is 0 Å². The van der Waals surface area contributed by atoms with E-state index in [1.807, 2.05) is 0 Å². The number of hydrogen-bond donors (Lipinski definition) is 2. The fraction of sp³-hybridized carbons (Fsp3) is 0.667. The van der Waals surface area contributed by atoms with Gasteiger partial charge in [-0.15, -0.1) is 0 Å². The van der Waals surface area contributed by atoms with E-state index < -0.39 is 0 Å². The Morgan fingerprint density at radius 3 is 2.77 bits per heavy atom. The van der Waals surface area contributed by atoms with Crippen LogP contribution in [0.3, 0.4) is 0 Å². The molecule has 1 unspecified atom stereocenters. The van der Waals surface area contributed by atoms with Gasteiger partial charge in [0.15, 0.2) is 0 Å². The number of ether oxygens (including phenoxy) is 1. The van der Waals surface area contributed by atoms with Crippen LogP contribution >= 0.6 is 0 Å². The molecule has 2 N–H and O–H groups in total. The Labute approximate surface area is 78.6 Å². The summed E-state index contributed by atoms with van der Waals surface area (Å²) < 4.78 is 4.51. The molecule has 0 rings (SSSR count). The van der Waals surface area contributed by atoms with Crippen molar-refractivity contribution in [1.82, 2.24) is 5.32 Å². The Morgan fingerprint density at radius 1 is 1.69 bits per heavy atom. The molecule has 76 valence electrons. The van der Waals surface area contributed by atoms with Crippen molar-refractivity contribution < 1.29 is 14.6 Å². The number of aliphatic hydroxyl groups is 1. The van der Waals surface area contributed by atoms with Gasteiger partial charge in [0.05, 0.1) is 13.2 Å². The number of methoxy groups -OCH3 is 1. The Morgan fingerprint density at radius 2 is 2.31 bits per heavy atom. The van der Waals surface area contributed by atoms with E-state index in [0.717, 1.165) is 0 Å². The first-order valence-corrected chi connectivity index (χ1v) is 4.21. The maximum absolute atomic E-state index is 10.9. The summed E-state index contributed by atoms with van der Waals surface area (Å²) in [6, 6.07) is 0. The Hall–Kier alpha value is -0.870. The molecule has 1 atom stereocenters. The second-order valence-corrected chi connectivity index (χ2v) is 2.89. The highest BCUT2D eigenvalue weighted by atomic mass is 16.5. The molecule has 0 aromatic carbocycles. The Balaban J connectivity index is 3.65. The summed E-state index contributed by atoms with van der Waals surface area (Å²) >= 11 is 0. The number of nitrogens with one attached hydrogen (secondary N) is 1. The molecule has 13 heavy (non-hydrogen) atoms. The fourth-order valence-corrected chi connectivity index (χ4v) is 0.762. The minimum Gasteiger partial charge on any atom is -0.466 e. The van der Waals surface area contributed by atoms with Gasteiger partial charge in [-0.2, -0.15) is 0 Å². The summed E-state index contributed by atoms with van der Waals surface area (Å²) in [6.07, 6.45) is 1.36. The molecule has 0 heterocycles. The average molecular weight is 187 g/mol. The van der Waals surface area contributed by atoms with Crippen molar-refractivity contribution in [3.05, 3.63) is 11.6 Å². The number of rotatable bonds is 5. The molecule has 0 aliphatic carbocycles. The van der Waals surface area contributed by atoms with Gasteiger partial charge in [0.25, 0.3) is 0 Å². The monoisotopic (exact) mass is 187 g/mol. The first-order chi connectivity index (χ1) is 6.07.